The molecule has 0 aliphatic carbocycles. The van der Waals surface area contributed by atoms with E-state index in [0.717, 1.165) is 10.6 Å². The Morgan fingerprint density at radius 2 is 1.43 bits per heavy atom. The lowest BCUT2D eigenvalue weighted by Crippen LogP contribution is -2.62. The van der Waals surface area contributed by atoms with E-state index in [1.54, 1.807) is 82.1 Å². The standard InChI is InChI=1S/C69H107N11O15S/c1-15-45(8)59(54(91-13)40-56(83)80-33-20-24-52(80)60(92-14)46(9)61(84)75-51(64-71-32-38-96-64)39-47-21-17-16-18-22-47)79(12)65(87)58(44(6)7)77-66(88)69(10,11)78-68(90)95-41-48-25-27-49(28-26-48)73-62(85)50(23-19-31-72-67(70)89)74-63(86)57(43(4)5)76-55(82)30-35-94-37-36-93-34-29-53(81)42(2)3/h16-18,21-22,25-28,32,38,42-46,50-52,54,57-60H,15,19-20,23-24,29-31,33-37,39-41H2,1-14H3,(H,73,85)(H,74,86)(H,75,84)(H,76,82)(H,77,88)(H,78,90)(H3,70,72,89)/t45-,46+,50-,51-,52-,54+,57-,58-,59-,60+/m0/s1. The van der Waals surface area contributed by atoms with Gasteiger partial charge in [-0.1, -0.05) is 111 Å². The molecule has 0 saturated carbocycles. The van der Waals surface area contributed by atoms with Crippen LogP contribution in [0.25, 0.3) is 0 Å². The Morgan fingerprint density at radius 3 is 2.01 bits per heavy atom. The summed E-state index contributed by atoms with van der Waals surface area (Å²) in [6, 6.07) is 10.9. The summed E-state index contributed by atoms with van der Waals surface area (Å²) in [5, 5.41) is 22.1. The van der Waals surface area contributed by atoms with Gasteiger partial charge in [-0.15, -0.1) is 11.3 Å². The average Bonchev–Trinajstić information content (AvgIpc) is 1.76. The molecule has 0 radical (unpaired) electrons. The van der Waals surface area contributed by atoms with E-state index in [1.165, 1.54) is 32.3 Å². The first kappa shape index (κ1) is 80.8. The van der Waals surface area contributed by atoms with E-state index in [4.69, 9.17) is 29.4 Å². The van der Waals surface area contributed by atoms with Crippen LogP contribution in [0.4, 0.5) is 15.3 Å². The fourth-order valence-electron chi connectivity index (χ4n) is 11.3. The van der Waals surface area contributed by atoms with Crippen LogP contribution in [0.2, 0.25) is 0 Å². The highest BCUT2D eigenvalue weighted by molar-refractivity contribution is 7.09. The van der Waals surface area contributed by atoms with Gasteiger partial charge in [0.15, 0.2) is 0 Å². The number of anilines is 1. The number of hydrogen-bond donors (Lipinski definition) is 8. The van der Waals surface area contributed by atoms with Gasteiger partial charge in [0.05, 0.1) is 69.1 Å². The molecule has 1 aromatic heterocycles. The summed E-state index contributed by atoms with van der Waals surface area (Å²) in [5.41, 5.74) is 5.55. The maximum atomic E-state index is 14.7. The number of carbonyl (C=O) groups excluding carboxylic acids is 10. The molecule has 4 rings (SSSR count). The molecule has 1 fully saturated rings. The van der Waals surface area contributed by atoms with Crippen molar-refractivity contribution in [1.82, 2.24) is 46.7 Å². The van der Waals surface area contributed by atoms with Crippen molar-refractivity contribution in [2.45, 2.75) is 195 Å². The van der Waals surface area contributed by atoms with E-state index in [0.29, 0.717) is 49.9 Å². The molecule has 96 heavy (non-hydrogen) atoms. The Bertz CT molecular complexity index is 2950. The van der Waals surface area contributed by atoms with Gasteiger partial charge in [-0.2, -0.15) is 0 Å². The van der Waals surface area contributed by atoms with E-state index >= 15 is 0 Å². The van der Waals surface area contributed by atoms with Gasteiger partial charge in [-0.05, 0) is 87.0 Å². The number of ether oxygens (including phenoxy) is 5. The zero-order valence-electron chi connectivity index (χ0n) is 58.6. The normalized spacial score (nSPS) is 16.0. The van der Waals surface area contributed by atoms with Gasteiger partial charge in [0.2, 0.25) is 41.4 Å². The zero-order chi connectivity index (χ0) is 71.2. The molecule has 1 saturated heterocycles. The molecule has 3 aromatic rings. The molecule has 1 aliphatic heterocycles. The second kappa shape index (κ2) is 40.8. The minimum atomic E-state index is -1.59. The van der Waals surface area contributed by atoms with E-state index in [1.807, 2.05) is 70.3 Å². The lowest BCUT2D eigenvalue weighted by Gasteiger charge is -2.41. The molecule has 10 amide bonds. The van der Waals surface area contributed by atoms with Gasteiger partial charge in [0.1, 0.15) is 41.1 Å². The predicted octanol–water partition coefficient (Wildman–Crippen LogP) is 6.36. The Labute approximate surface area is 570 Å². The number of hydrogen-bond acceptors (Lipinski definition) is 17. The van der Waals surface area contributed by atoms with Crippen LogP contribution in [0.3, 0.4) is 0 Å². The van der Waals surface area contributed by atoms with Crippen LogP contribution < -0.4 is 43.0 Å². The fraction of sp³-hybridized carbons (Fsp3) is 0.638. The average molecular weight is 1360 g/mol. The van der Waals surface area contributed by atoms with E-state index in [9.17, 15) is 47.9 Å². The number of urea groups is 1. The van der Waals surface area contributed by atoms with Crippen LogP contribution in [-0.4, -0.2) is 183 Å². The summed E-state index contributed by atoms with van der Waals surface area (Å²) in [4.78, 5) is 142. The van der Waals surface area contributed by atoms with Crippen LogP contribution in [0.5, 0.6) is 0 Å². The molecule has 534 valence electrons. The number of nitrogens with zero attached hydrogens (tertiary/aromatic N) is 3. The maximum Gasteiger partial charge on any atom is 0.408 e. The molecular formula is C69H107N11O15S. The van der Waals surface area contributed by atoms with Gasteiger partial charge in [0.25, 0.3) is 0 Å². The first-order valence-electron chi connectivity index (χ1n) is 33.4. The fourth-order valence-corrected chi connectivity index (χ4v) is 12.0. The number of methoxy groups -OCH3 is 2. The Balaban J connectivity index is 1.34. The van der Waals surface area contributed by atoms with Crippen molar-refractivity contribution in [1.29, 1.82) is 0 Å². The van der Waals surface area contributed by atoms with Gasteiger partial charge in [-0.3, -0.25) is 38.4 Å². The van der Waals surface area contributed by atoms with Gasteiger partial charge in [0, 0.05) is 70.4 Å². The van der Waals surface area contributed by atoms with E-state index in [-0.39, 0.29) is 107 Å². The van der Waals surface area contributed by atoms with Crippen molar-refractivity contribution < 1.29 is 71.6 Å². The number of nitrogens with one attached hydrogen (secondary N) is 7. The second-order valence-corrected chi connectivity index (χ2v) is 27.0. The number of likely N-dealkylation sites (tertiary alicyclic amines) is 1. The van der Waals surface area contributed by atoms with Crippen LogP contribution in [-0.2, 0) is 75.1 Å². The number of benzene rings is 2. The third-order valence-corrected chi connectivity index (χ3v) is 18.1. The Morgan fingerprint density at radius 1 is 0.771 bits per heavy atom. The third-order valence-electron chi connectivity index (χ3n) is 17.2. The summed E-state index contributed by atoms with van der Waals surface area (Å²) >= 11 is 1.47. The van der Waals surface area contributed by atoms with Crippen molar-refractivity contribution in [3.63, 3.8) is 0 Å². The summed E-state index contributed by atoms with van der Waals surface area (Å²) in [6.07, 6.45) is 2.41. The predicted molar refractivity (Wildman–Crippen MR) is 365 cm³/mol. The summed E-state index contributed by atoms with van der Waals surface area (Å²) < 4.78 is 28.6. The lowest BCUT2D eigenvalue weighted by atomic mass is 9.89. The number of Topliss-reactive ketones (excluding diaryl/α,β-unsaturated/α-hetero) is 1. The van der Waals surface area contributed by atoms with E-state index in [2.05, 4.69) is 42.2 Å². The number of nitrogens with two attached hydrogens (primary N) is 1. The molecular weight excluding hydrogens is 1250 g/mol. The van der Waals surface area contributed by atoms with Crippen LogP contribution in [0, 0.1) is 29.6 Å². The Kier molecular flexibility index (Phi) is 34.4. The summed E-state index contributed by atoms with van der Waals surface area (Å²) in [7, 11) is 4.70. The Hall–Kier alpha value is -7.59. The molecule has 2 aromatic carbocycles. The summed E-state index contributed by atoms with van der Waals surface area (Å²) in [6.45, 7) is 20.6. The minimum absolute atomic E-state index is 0.0466. The number of thiazole rings is 1. The second-order valence-electron chi connectivity index (χ2n) is 26.0. The number of likely N-dealkylation sites (N-methyl/N-ethyl adjacent to an activating group) is 1. The number of amides is 10. The van der Waals surface area contributed by atoms with Gasteiger partial charge in [-0.25, -0.2) is 14.6 Å². The van der Waals surface area contributed by atoms with Crippen LogP contribution in [0.1, 0.15) is 150 Å². The molecule has 10 atom stereocenters. The van der Waals surface area contributed by atoms with Crippen molar-refractivity contribution in [3.8, 4) is 0 Å². The molecule has 0 unspecified atom stereocenters. The van der Waals surface area contributed by atoms with Crippen molar-refractivity contribution in [3.05, 3.63) is 82.3 Å². The molecule has 27 heteroatoms. The van der Waals surface area contributed by atoms with Crippen molar-refractivity contribution >= 4 is 76.3 Å². The molecule has 0 bridgehead atoms. The lowest BCUT2D eigenvalue weighted by molar-refractivity contribution is -0.148. The molecule has 2 heterocycles. The van der Waals surface area contributed by atoms with Gasteiger partial charge < -0.3 is 76.4 Å². The molecule has 0 spiro atoms. The number of rotatable bonds is 42. The smallest absolute Gasteiger partial charge is 0.408 e. The number of aromatic nitrogens is 1. The number of carbonyl (C=O) groups is 10. The number of ketones is 1. The topological polar surface area (TPSA) is 346 Å². The molecule has 1 aliphatic rings. The van der Waals surface area contributed by atoms with Gasteiger partial charge >= 0.3 is 12.1 Å². The maximum absolute atomic E-state index is 14.7. The zero-order valence-corrected chi connectivity index (χ0v) is 59.4. The van der Waals surface area contributed by atoms with Crippen molar-refractivity contribution in [2.24, 2.45) is 35.3 Å². The van der Waals surface area contributed by atoms with E-state index < -0.39 is 101 Å². The highest BCUT2D eigenvalue weighted by Crippen LogP contribution is 2.31. The quantitative estimate of drug-likeness (QED) is 0.0286. The first-order valence-corrected chi connectivity index (χ1v) is 34.2. The van der Waals surface area contributed by atoms with Crippen LogP contribution >= 0.6 is 11.3 Å². The van der Waals surface area contributed by atoms with Crippen molar-refractivity contribution in [2.75, 3.05) is 66.1 Å². The summed E-state index contributed by atoms with van der Waals surface area (Å²) in [5.74, 6) is -4.73. The third kappa shape index (κ3) is 26.1. The first-order chi connectivity index (χ1) is 45.5. The molecule has 26 nitrogen and oxygen atoms in total. The molecule has 9 N–H and O–H groups in total. The largest absolute Gasteiger partial charge is 0.445 e. The monoisotopic (exact) mass is 1360 g/mol. The number of alkyl carbamates (subject to hydrolysis) is 1. The highest BCUT2D eigenvalue weighted by Gasteiger charge is 2.44. The number of primary amides is 1. The van der Waals surface area contributed by atoms with Crippen LogP contribution in [0.15, 0.2) is 66.2 Å². The SMILES string of the molecule is CC[C@H](C)[C@@H]([C@@H](CC(=O)N1CCC[C@H]1[C@H](OC)[C@@H](C)C(=O)N[C@@H](Cc1ccccc1)c1nccs1)OC)N(C)C(=O)[C@@H](NC(=O)C(C)(C)NC(=O)OCc1ccc(NC(=O)[C@H](CCCNC(N)=O)NC(=O)[C@@H](NC(=O)CCOCCOCCC(=O)C(C)C)C(C)C)cc1)C(C)C. The minimum Gasteiger partial charge on any atom is -0.445 e. The highest BCUT2D eigenvalue weighted by atomic mass is 32.1.